The van der Waals surface area contributed by atoms with Crippen molar-refractivity contribution in [3.8, 4) is 5.75 Å². The predicted molar refractivity (Wildman–Crippen MR) is 103 cm³/mol. The van der Waals surface area contributed by atoms with Crippen LogP contribution in [0.3, 0.4) is 0 Å². The van der Waals surface area contributed by atoms with Gasteiger partial charge in [-0.05, 0) is 49.5 Å². The second-order valence-corrected chi connectivity index (χ2v) is 8.29. The first kappa shape index (κ1) is 18.7. The van der Waals surface area contributed by atoms with Gasteiger partial charge in [-0.3, -0.25) is 24.5 Å². The molecule has 0 aromatic heterocycles. The molecule has 1 fully saturated rings. The van der Waals surface area contributed by atoms with E-state index in [4.69, 9.17) is 0 Å². The summed E-state index contributed by atoms with van der Waals surface area (Å²) >= 11 is 0. The Balaban J connectivity index is 1.73. The van der Waals surface area contributed by atoms with Crippen LogP contribution in [0.2, 0.25) is 0 Å². The Hall–Kier alpha value is -3.35. The summed E-state index contributed by atoms with van der Waals surface area (Å²) in [6.45, 7) is 1.57. The molecule has 6 nitrogen and oxygen atoms in total. The summed E-state index contributed by atoms with van der Waals surface area (Å²) < 4.78 is 14.2. The van der Waals surface area contributed by atoms with Crippen molar-refractivity contribution < 1.29 is 28.7 Å². The molecule has 4 aliphatic rings. The monoisotopic (exact) mass is 407 g/mol. The Bertz CT molecular complexity index is 1160. The second-order valence-electron chi connectivity index (χ2n) is 8.29. The number of Topliss-reactive ketones (excluding diaryl/α,β-unsaturated/α-hetero) is 1. The quantitative estimate of drug-likeness (QED) is 0.423. The normalized spacial score (nSPS) is 30.3. The highest BCUT2D eigenvalue weighted by Crippen LogP contribution is 2.54. The van der Waals surface area contributed by atoms with Gasteiger partial charge in [0.1, 0.15) is 0 Å². The van der Waals surface area contributed by atoms with Crippen LogP contribution in [-0.2, 0) is 19.2 Å². The number of allylic oxidation sites excluding steroid dienone is 6. The van der Waals surface area contributed by atoms with Crippen LogP contribution in [0.1, 0.15) is 31.2 Å². The molecule has 1 aromatic carbocycles. The number of phenols is 1. The maximum Gasteiger partial charge on any atom is 0.231 e. The Morgan fingerprint density at radius 2 is 1.87 bits per heavy atom. The number of rotatable bonds is 1. The van der Waals surface area contributed by atoms with Crippen LogP contribution in [0.15, 0.2) is 52.6 Å². The van der Waals surface area contributed by atoms with E-state index in [0.29, 0.717) is 28.7 Å². The molecule has 0 saturated carbocycles. The van der Waals surface area contributed by atoms with Crippen molar-refractivity contribution in [2.45, 2.75) is 25.7 Å². The fourth-order valence-electron chi connectivity index (χ4n) is 5.35. The van der Waals surface area contributed by atoms with E-state index < -0.39 is 35.2 Å². The number of imide groups is 1. The van der Waals surface area contributed by atoms with Gasteiger partial charge in [-0.2, -0.15) is 0 Å². The lowest BCUT2D eigenvalue weighted by atomic mass is 9.59. The lowest BCUT2D eigenvalue weighted by Gasteiger charge is -2.42. The van der Waals surface area contributed by atoms with Crippen LogP contribution in [0.5, 0.6) is 5.75 Å². The zero-order valence-corrected chi connectivity index (χ0v) is 16.1. The molecule has 5 rings (SSSR count). The highest BCUT2D eigenvalue weighted by Gasteiger charge is 2.53. The van der Waals surface area contributed by atoms with Gasteiger partial charge in [0.25, 0.3) is 0 Å². The Kier molecular flexibility index (Phi) is 3.93. The number of nitrogens with one attached hydrogen (secondary N) is 1. The average Bonchev–Trinajstić information content (AvgIpc) is 3.01. The highest BCUT2D eigenvalue weighted by molar-refractivity contribution is 6.23. The number of fused-ring (bicyclic) bond motifs is 3. The van der Waals surface area contributed by atoms with Gasteiger partial charge >= 0.3 is 0 Å². The van der Waals surface area contributed by atoms with Crippen LogP contribution in [0, 0.1) is 23.6 Å². The molecule has 152 valence electrons. The molecule has 2 amide bonds. The van der Waals surface area contributed by atoms with Crippen molar-refractivity contribution >= 4 is 23.4 Å². The van der Waals surface area contributed by atoms with Crippen molar-refractivity contribution in [3.63, 3.8) is 0 Å². The third kappa shape index (κ3) is 2.47. The van der Waals surface area contributed by atoms with Gasteiger partial charge in [-0.15, -0.1) is 0 Å². The Labute approximate surface area is 171 Å². The number of carbonyl (C=O) groups excluding carboxylic acids is 4. The number of carbonyl (C=O) groups is 4. The first-order chi connectivity index (χ1) is 14.3. The summed E-state index contributed by atoms with van der Waals surface area (Å²) in [5, 5.41) is 12.0. The van der Waals surface area contributed by atoms with Crippen LogP contribution < -0.4 is 5.32 Å². The minimum atomic E-state index is -0.832. The van der Waals surface area contributed by atoms with E-state index in [1.807, 2.05) is 6.08 Å². The maximum atomic E-state index is 14.2. The number of hydrogen-bond acceptors (Lipinski definition) is 5. The SMILES string of the molecule is CC1=CC(=O)C2=C(C1=O)C(c1ccc(O)c(F)c1)C1=CCC3C(=O)NC(=O)C3C1C2. The van der Waals surface area contributed by atoms with Crippen LogP contribution >= 0.6 is 0 Å². The minimum Gasteiger partial charge on any atom is -0.505 e. The van der Waals surface area contributed by atoms with Crippen LogP contribution in [0.25, 0.3) is 0 Å². The van der Waals surface area contributed by atoms with Gasteiger partial charge < -0.3 is 5.11 Å². The summed E-state index contributed by atoms with van der Waals surface area (Å²) in [7, 11) is 0. The number of hydrogen-bond donors (Lipinski definition) is 2. The summed E-state index contributed by atoms with van der Waals surface area (Å²) in [5.41, 5.74) is 2.10. The second kappa shape index (κ2) is 6.32. The van der Waals surface area contributed by atoms with E-state index in [2.05, 4.69) is 5.32 Å². The van der Waals surface area contributed by atoms with Crippen molar-refractivity contribution in [2.75, 3.05) is 0 Å². The van der Waals surface area contributed by atoms with E-state index in [9.17, 15) is 28.7 Å². The summed E-state index contributed by atoms with van der Waals surface area (Å²) in [6, 6.07) is 3.89. The third-order valence-electron chi connectivity index (χ3n) is 6.71. The van der Waals surface area contributed by atoms with E-state index in [-0.39, 0.29) is 29.8 Å². The predicted octanol–water partition coefficient (Wildman–Crippen LogP) is 2.25. The van der Waals surface area contributed by atoms with E-state index in [1.54, 1.807) is 6.92 Å². The number of phenolic OH excluding ortho intramolecular Hbond substituents is 1. The van der Waals surface area contributed by atoms with Gasteiger partial charge in [0, 0.05) is 22.6 Å². The largest absolute Gasteiger partial charge is 0.505 e. The minimum absolute atomic E-state index is 0.189. The van der Waals surface area contributed by atoms with Crippen molar-refractivity contribution in [3.05, 3.63) is 64.0 Å². The standard InChI is InChI=1S/C23H18FNO5/c1-9-6-17(27)14-8-13-11(3-4-12-19(13)23(30)25-22(12)29)18(20(14)21(9)28)10-2-5-16(26)15(24)7-10/h2-3,5-7,12-13,18-19,26H,4,8H2,1H3,(H,25,29,30). The molecule has 7 heteroatoms. The van der Waals surface area contributed by atoms with Gasteiger partial charge in [0.15, 0.2) is 23.1 Å². The molecule has 0 bridgehead atoms. The smallest absolute Gasteiger partial charge is 0.231 e. The molecule has 0 radical (unpaired) electrons. The van der Waals surface area contributed by atoms with Gasteiger partial charge in [0.2, 0.25) is 11.8 Å². The molecule has 1 aliphatic heterocycles. The van der Waals surface area contributed by atoms with Gasteiger partial charge in [-0.1, -0.05) is 17.7 Å². The van der Waals surface area contributed by atoms with E-state index in [1.165, 1.54) is 18.2 Å². The molecule has 4 unspecified atom stereocenters. The van der Waals surface area contributed by atoms with E-state index in [0.717, 1.165) is 11.6 Å². The molecule has 3 aliphatic carbocycles. The third-order valence-corrected chi connectivity index (χ3v) is 6.71. The molecular weight excluding hydrogens is 389 g/mol. The highest BCUT2D eigenvalue weighted by atomic mass is 19.1. The first-order valence-electron chi connectivity index (χ1n) is 9.81. The van der Waals surface area contributed by atoms with Gasteiger partial charge in [0.05, 0.1) is 11.8 Å². The van der Waals surface area contributed by atoms with E-state index >= 15 is 0 Å². The van der Waals surface area contributed by atoms with Crippen LogP contribution in [-0.4, -0.2) is 28.5 Å². The molecular formula is C23H18FNO5. The van der Waals surface area contributed by atoms with Crippen molar-refractivity contribution in [1.82, 2.24) is 5.32 Å². The van der Waals surface area contributed by atoms with Crippen molar-refractivity contribution in [1.29, 1.82) is 0 Å². The first-order valence-corrected chi connectivity index (χ1v) is 9.81. The Morgan fingerprint density at radius 3 is 2.60 bits per heavy atom. The molecule has 0 spiro atoms. The topological polar surface area (TPSA) is 101 Å². The lowest BCUT2D eigenvalue weighted by molar-refractivity contribution is -0.126. The number of aromatic hydroxyl groups is 1. The summed E-state index contributed by atoms with van der Waals surface area (Å²) in [5.74, 6) is -4.88. The average molecular weight is 407 g/mol. The lowest BCUT2D eigenvalue weighted by Crippen LogP contribution is -2.39. The molecule has 1 aromatic rings. The number of halogens is 1. The molecule has 30 heavy (non-hydrogen) atoms. The molecule has 2 N–H and O–H groups in total. The van der Waals surface area contributed by atoms with Crippen LogP contribution in [0.4, 0.5) is 4.39 Å². The number of amides is 2. The summed E-state index contributed by atoms with van der Waals surface area (Å²) in [6.07, 6.45) is 3.68. The fourth-order valence-corrected chi connectivity index (χ4v) is 5.35. The van der Waals surface area contributed by atoms with Crippen molar-refractivity contribution in [2.24, 2.45) is 17.8 Å². The summed E-state index contributed by atoms with van der Waals surface area (Å²) in [4.78, 5) is 50.6. The molecule has 1 heterocycles. The zero-order chi connectivity index (χ0) is 21.3. The zero-order valence-electron chi connectivity index (χ0n) is 16.1. The van der Waals surface area contributed by atoms with Gasteiger partial charge in [-0.25, -0.2) is 4.39 Å². The number of ketones is 2. The molecule has 4 atom stereocenters. The maximum absolute atomic E-state index is 14.2. The fraction of sp³-hybridized carbons (Fsp3) is 0.304. The number of benzene rings is 1. The molecule has 1 saturated heterocycles. The Morgan fingerprint density at radius 1 is 1.10 bits per heavy atom.